The fourth-order valence-corrected chi connectivity index (χ4v) is 4.25. The molecule has 1 heterocycles. The molecule has 4 rings (SSSR count). The Bertz CT molecular complexity index is 924. The molecule has 0 saturated heterocycles. The maximum atomic E-state index is 13.8. The normalized spacial score (nSPS) is 24.7. The number of ether oxygens (including phenoxy) is 2. The lowest BCUT2D eigenvalue weighted by Crippen LogP contribution is -2.22. The molecule has 0 radical (unpaired) electrons. The number of hydrogen-bond acceptors (Lipinski definition) is 4. The van der Waals surface area contributed by atoms with E-state index in [0.717, 1.165) is 17.5 Å². The van der Waals surface area contributed by atoms with Gasteiger partial charge in [-0.05, 0) is 30.0 Å². The maximum absolute atomic E-state index is 13.8. The minimum absolute atomic E-state index is 0.0157. The lowest BCUT2D eigenvalue weighted by Gasteiger charge is -2.16. The number of alkyl halides is 1. The standard InChI is InChI=1S/C24H25FO4/c1-3-19(26)17-9-15(20(27)11-16-12-21(16)28-2)10-18-23(14-7-5-4-6-8-14)22(13-25)29-24(17)18/h4-10,16,21-23H,3,11-13H2,1-2H3/t16?,21?,22-,23+/m1/s1. The van der Waals surface area contributed by atoms with Crippen molar-refractivity contribution in [2.45, 2.75) is 44.3 Å². The van der Waals surface area contributed by atoms with Gasteiger partial charge in [0.1, 0.15) is 18.5 Å². The Morgan fingerprint density at radius 1 is 1.17 bits per heavy atom. The molecule has 4 nitrogen and oxygen atoms in total. The summed E-state index contributed by atoms with van der Waals surface area (Å²) in [5, 5.41) is 0. The van der Waals surface area contributed by atoms with E-state index in [1.54, 1.807) is 26.2 Å². The van der Waals surface area contributed by atoms with E-state index in [-0.39, 0.29) is 35.9 Å². The quantitative estimate of drug-likeness (QED) is 0.604. The van der Waals surface area contributed by atoms with Gasteiger partial charge in [-0.15, -0.1) is 0 Å². The number of hydrogen-bond donors (Lipinski definition) is 0. The van der Waals surface area contributed by atoms with Crippen LogP contribution < -0.4 is 4.74 Å². The van der Waals surface area contributed by atoms with Gasteiger partial charge in [0.2, 0.25) is 0 Å². The first kappa shape index (κ1) is 19.8. The third-order valence-electron chi connectivity index (χ3n) is 5.96. The van der Waals surface area contributed by atoms with Gasteiger partial charge in [0.15, 0.2) is 11.6 Å². The van der Waals surface area contributed by atoms with E-state index in [1.807, 2.05) is 30.3 Å². The number of rotatable bonds is 8. The fraction of sp³-hybridized carbons (Fsp3) is 0.417. The van der Waals surface area contributed by atoms with Crippen molar-refractivity contribution in [1.29, 1.82) is 0 Å². The number of ketones is 2. The third kappa shape index (κ3) is 3.71. The van der Waals surface area contributed by atoms with Crippen molar-refractivity contribution >= 4 is 11.6 Å². The summed E-state index contributed by atoms with van der Waals surface area (Å²) in [7, 11) is 1.65. The summed E-state index contributed by atoms with van der Waals surface area (Å²) in [4.78, 5) is 25.5. The summed E-state index contributed by atoms with van der Waals surface area (Å²) < 4.78 is 25.1. The van der Waals surface area contributed by atoms with Crippen LogP contribution in [0.3, 0.4) is 0 Å². The number of carbonyl (C=O) groups excluding carboxylic acids is 2. The average molecular weight is 396 g/mol. The molecule has 5 heteroatoms. The highest BCUT2D eigenvalue weighted by Crippen LogP contribution is 2.46. The zero-order valence-corrected chi connectivity index (χ0v) is 16.7. The van der Waals surface area contributed by atoms with Gasteiger partial charge >= 0.3 is 0 Å². The van der Waals surface area contributed by atoms with Crippen LogP contribution in [0.25, 0.3) is 0 Å². The molecule has 2 aromatic carbocycles. The highest BCUT2D eigenvalue weighted by atomic mass is 19.1. The van der Waals surface area contributed by atoms with Gasteiger partial charge in [-0.3, -0.25) is 9.59 Å². The van der Waals surface area contributed by atoms with Gasteiger partial charge in [-0.25, -0.2) is 4.39 Å². The van der Waals surface area contributed by atoms with Crippen molar-refractivity contribution in [2.24, 2.45) is 5.92 Å². The second-order valence-electron chi connectivity index (χ2n) is 7.82. The summed E-state index contributed by atoms with van der Waals surface area (Å²) in [6.07, 6.45) is 0.996. The molecule has 1 aliphatic heterocycles. The molecule has 4 atom stereocenters. The molecule has 0 amide bonds. The first-order valence-corrected chi connectivity index (χ1v) is 10.1. The molecule has 29 heavy (non-hydrogen) atoms. The molecule has 0 spiro atoms. The molecule has 0 N–H and O–H groups in total. The van der Waals surface area contributed by atoms with Crippen LogP contribution in [-0.2, 0) is 4.74 Å². The Kier molecular flexibility index (Phi) is 5.50. The van der Waals surface area contributed by atoms with Gasteiger partial charge in [-0.2, -0.15) is 0 Å². The van der Waals surface area contributed by atoms with Crippen LogP contribution in [0.15, 0.2) is 42.5 Å². The molecule has 2 aromatic rings. The van der Waals surface area contributed by atoms with Crippen molar-refractivity contribution in [3.05, 3.63) is 64.7 Å². The van der Waals surface area contributed by atoms with Crippen molar-refractivity contribution in [1.82, 2.24) is 0 Å². The highest BCUT2D eigenvalue weighted by Gasteiger charge is 2.41. The topological polar surface area (TPSA) is 52.6 Å². The number of halogens is 1. The SMILES string of the molecule is CCC(=O)c1cc(C(=O)CC2CC2OC)cc2c1O[C@H](CF)[C@H]2c1ccccc1. The summed E-state index contributed by atoms with van der Waals surface area (Å²) >= 11 is 0. The Morgan fingerprint density at radius 3 is 2.55 bits per heavy atom. The molecular formula is C24H25FO4. The summed E-state index contributed by atoms with van der Waals surface area (Å²) in [5.41, 5.74) is 2.51. The predicted molar refractivity (Wildman–Crippen MR) is 108 cm³/mol. The lowest BCUT2D eigenvalue weighted by atomic mass is 9.85. The second kappa shape index (κ2) is 8.07. The summed E-state index contributed by atoms with van der Waals surface area (Å²) in [6.45, 7) is 1.10. The highest BCUT2D eigenvalue weighted by molar-refractivity contribution is 6.04. The third-order valence-corrected chi connectivity index (χ3v) is 5.96. The van der Waals surface area contributed by atoms with Crippen molar-refractivity contribution in [3.8, 4) is 5.75 Å². The van der Waals surface area contributed by atoms with E-state index >= 15 is 0 Å². The Balaban J connectivity index is 1.76. The molecule has 1 fully saturated rings. The van der Waals surface area contributed by atoms with E-state index in [0.29, 0.717) is 23.3 Å². The van der Waals surface area contributed by atoms with Gasteiger partial charge in [-0.1, -0.05) is 37.3 Å². The molecule has 152 valence electrons. The Labute approximate surface area is 170 Å². The number of methoxy groups -OCH3 is 1. The van der Waals surface area contributed by atoms with E-state index in [2.05, 4.69) is 0 Å². The van der Waals surface area contributed by atoms with E-state index in [1.165, 1.54) is 0 Å². The van der Waals surface area contributed by atoms with Crippen molar-refractivity contribution in [2.75, 3.05) is 13.8 Å². The monoisotopic (exact) mass is 396 g/mol. The lowest BCUT2D eigenvalue weighted by molar-refractivity contribution is 0.0958. The number of fused-ring (bicyclic) bond motifs is 1. The van der Waals surface area contributed by atoms with Crippen LogP contribution in [0.4, 0.5) is 4.39 Å². The van der Waals surface area contributed by atoms with Crippen LogP contribution >= 0.6 is 0 Å². The molecule has 1 aliphatic carbocycles. The second-order valence-corrected chi connectivity index (χ2v) is 7.82. The summed E-state index contributed by atoms with van der Waals surface area (Å²) in [5.74, 6) is 0.179. The van der Waals surface area contributed by atoms with Crippen LogP contribution in [0, 0.1) is 5.92 Å². The van der Waals surface area contributed by atoms with E-state index in [9.17, 15) is 14.0 Å². The average Bonchev–Trinajstić information content (AvgIpc) is 3.40. The fourth-order valence-electron chi connectivity index (χ4n) is 4.25. The van der Waals surface area contributed by atoms with E-state index in [4.69, 9.17) is 9.47 Å². The zero-order valence-electron chi connectivity index (χ0n) is 16.7. The van der Waals surface area contributed by atoms with E-state index < -0.39 is 12.8 Å². The van der Waals surface area contributed by atoms with Crippen LogP contribution in [-0.4, -0.2) is 37.6 Å². The molecule has 0 bridgehead atoms. The zero-order chi connectivity index (χ0) is 20.5. The minimum Gasteiger partial charge on any atom is -0.486 e. The largest absolute Gasteiger partial charge is 0.486 e. The Hall–Kier alpha value is -2.53. The van der Waals surface area contributed by atoms with Gasteiger partial charge < -0.3 is 9.47 Å². The molecule has 2 unspecified atom stereocenters. The smallest absolute Gasteiger partial charge is 0.166 e. The van der Waals surface area contributed by atoms with Gasteiger partial charge in [0.25, 0.3) is 0 Å². The number of benzene rings is 2. The number of carbonyl (C=O) groups is 2. The summed E-state index contributed by atoms with van der Waals surface area (Å²) in [6, 6.07) is 13.0. The molecule has 0 aromatic heterocycles. The number of Topliss-reactive ketones (excluding diaryl/α,β-unsaturated/α-hetero) is 2. The molecular weight excluding hydrogens is 371 g/mol. The van der Waals surface area contributed by atoms with Crippen molar-refractivity contribution < 1.29 is 23.5 Å². The molecule has 1 saturated carbocycles. The predicted octanol–water partition coefficient (Wildman–Crippen LogP) is 4.75. The van der Waals surface area contributed by atoms with Crippen LogP contribution in [0.1, 0.15) is 63.9 Å². The van der Waals surface area contributed by atoms with Crippen molar-refractivity contribution in [3.63, 3.8) is 0 Å². The first-order valence-electron chi connectivity index (χ1n) is 10.1. The van der Waals surface area contributed by atoms with Crippen LogP contribution in [0.2, 0.25) is 0 Å². The molecule has 2 aliphatic rings. The van der Waals surface area contributed by atoms with Gasteiger partial charge in [0, 0.05) is 31.1 Å². The van der Waals surface area contributed by atoms with Gasteiger partial charge in [0.05, 0.1) is 17.6 Å². The Morgan fingerprint density at radius 2 is 1.93 bits per heavy atom. The minimum atomic E-state index is -0.706. The maximum Gasteiger partial charge on any atom is 0.166 e. The van der Waals surface area contributed by atoms with Crippen LogP contribution in [0.5, 0.6) is 5.75 Å². The first-order chi connectivity index (χ1) is 14.1.